The summed E-state index contributed by atoms with van der Waals surface area (Å²) in [6.07, 6.45) is 5.26. The summed E-state index contributed by atoms with van der Waals surface area (Å²) in [5.74, 6) is 3.31. The van der Waals surface area contributed by atoms with E-state index in [1.54, 1.807) is 0 Å². The number of anilines is 1. The summed E-state index contributed by atoms with van der Waals surface area (Å²) in [7, 11) is 0. The molecule has 0 aliphatic heterocycles. The van der Waals surface area contributed by atoms with Gasteiger partial charge in [0, 0.05) is 22.3 Å². The number of benzene rings is 2. The topological polar surface area (TPSA) is 21.3 Å². The first-order chi connectivity index (χ1) is 10.1. The number of ether oxygens (including phenoxy) is 1. The van der Waals surface area contributed by atoms with Gasteiger partial charge in [-0.1, -0.05) is 34.0 Å². The minimum atomic E-state index is 0.276. The van der Waals surface area contributed by atoms with Crippen LogP contribution in [0.15, 0.2) is 40.9 Å². The first-order valence-electron chi connectivity index (χ1n) is 6.76. The van der Waals surface area contributed by atoms with Crippen molar-refractivity contribution in [2.24, 2.45) is 0 Å². The summed E-state index contributed by atoms with van der Waals surface area (Å²) in [5, 5.41) is 3.46. The van der Waals surface area contributed by atoms with Gasteiger partial charge >= 0.3 is 0 Å². The quantitative estimate of drug-likeness (QED) is 0.795. The van der Waals surface area contributed by atoms with Gasteiger partial charge in [0.1, 0.15) is 12.4 Å². The normalized spacial score (nSPS) is 10.0. The van der Waals surface area contributed by atoms with Crippen LogP contribution >= 0.6 is 15.9 Å². The monoisotopic (exact) mass is 343 g/mol. The summed E-state index contributed by atoms with van der Waals surface area (Å²) in [4.78, 5) is 0. The molecule has 2 aromatic carbocycles. The molecular formula is C18H18BrNO. The van der Waals surface area contributed by atoms with Crippen molar-refractivity contribution >= 4 is 21.6 Å². The van der Waals surface area contributed by atoms with Crippen molar-refractivity contribution in [3.05, 3.63) is 57.6 Å². The summed E-state index contributed by atoms with van der Waals surface area (Å²) >= 11 is 3.49. The van der Waals surface area contributed by atoms with Gasteiger partial charge in [-0.05, 0) is 49.2 Å². The Morgan fingerprint density at radius 3 is 2.81 bits per heavy atom. The van der Waals surface area contributed by atoms with Gasteiger partial charge in [-0.2, -0.15) is 0 Å². The maximum atomic E-state index is 5.59. The number of rotatable bonds is 5. The summed E-state index contributed by atoms with van der Waals surface area (Å²) in [5.41, 5.74) is 4.75. The van der Waals surface area contributed by atoms with E-state index in [2.05, 4.69) is 59.2 Å². The highest BCUT2D eigenvalue weighted by atomic mass is 79.9. The van der Waals surface area contributed by atoms with Crippen LogP contribution in [-0.2, 0) is 6.54 Å². The van der Waals surface area contributed by atoms with Gasteiger partial charge in [-0.25, -0.2) is 0 Å². The first-order valence-corrected chi connectivity index (χ1v) is 7.56. The molecule has 1 N–H and O–H groups in total. The van der Waals surface area contributed by atoms with Crippen LogP contribution in [0.1, 0.15) is 16.7 Å². The molecule has 0 saturated carbocycles. The van der Waals surface area contributed by atoms with E-state index < -0.39 is 0 Å². The molecule has 2 aromatic rings. The maximum absolute atomic E-state index is 5.59. The van der Waals surface area contributed by atoms with Crippen molar-refractivity contribution < 1.29 is 4.74 Å². The van der Waals surface area contributed by atoms with Crippen LogP contribution in [0, 0.1) is 26.2 Å². The average molecular weight is 344 g/mol. The molecule has 0 unspecified atom stereocenters. The van der Waals surface area contributed by atoms with E-state index in [0.717, 1.165) is 21.5 Å². The van der Waals surface area contributed by atoms with Crippen LogP contribution in [0.25, 0.3) is 0 Å². The summed E-state index contributed by atoms with van der Waals surface area (Å²) < 4.78 is 6.61. The Bertz CT molecular complexity index is 673. The SMILES string of the molecule is C#CCOc1ccc(Br)cc1CNc1cccc(C)c1C. The van der Waals surface area contributed by atoms with Crippen molar-refractivity contribution in [2.45, 2.75) is 20.4 Å². The fourth-order valence-corrected chi connectivity index (χ4v) is 2.49. The Labute approximate surface area is 134 Å². The fraction of sp³-hybridized carbons (Fsp3) is 0.222. The van der Waals surface area contributed by atoms with E-state index in [4.69, 9.17) is 11.2 Å². The van der Waals surface area contributed by atoms with Crippen molar-refractivity contribution in [3.63, 3.8) is 0 Å². The van der Waals surface area contributed by atoms with Gasteiger partial charge in [0.2, 0.25) is 0 Å². The molecular weight excluding hydrogens is 326 g/mol. The average Bonchev–Trinajstić information content (AvgIpc) is 2.48. The molecule has 0 aromatic heterocycles. The Morgan fingerprint density at radius 2 is 2.05 bits per heavy atom. The zero-order valence-corrected chi connectivity index (χ0v) is 13.8. The summed E-state index contributed by atoms with van der Waals surface area (Å²) in [6, 6.07) is 12.2. The minimum Gasteiger partial charge on any atom is -0.481 e. The van der Waals surface area contributed by atoms with Gasteiger partial charge in [-0.15, -0.1) is 6.42 Å². The highest BCUT2D eigenvalue weighted by Crippen LogP contribution is 2.25. The fourth-order valence-electron chi connectivity index (χ4n) is 2.08. The zero-order chi connectivity index (χ0) is 15.2. The molecule has 0 heterocycles. The number of hydrogen-bond donors (Lipinski definition) is 1. The van der Waals surface area contributed by atoms with Crippen molar-refractivity contribution in [3.8, 4) is 18.1 Å². The molecule has 0 bridgehead atoms. The van der Waals surface area contributed by atoms with E-state index in [-0.39, 0.29) is 6.61 Å². The van der Waals surface area contributed by atoms with Crippen molar-refractivity contribution in [1.29, 1.82) is 0 Å². The number of hydrogen-bond acceptors (Lipinski definition) is 2. The highest BCUT2D eigenvalue weighted by molar-refractivity contribution is 9.10. The van der Waals surface area contributed by atoms with Crippen LogP contribution < -0.4 is 10.1 Å². The number of halogens is 1. The van der Waals surface area contributed by atoms with Crippen LogP contribution in [0.3, 0.4) is 0 Å². The van der Waals surface area contributed by atoms with Crippen LogP contribution in [-0.4, -0.2) is 6.61 Å². The molecule has 0 atom stereocenters. The van der Waals surface area contributed by atoms with Gasteiger partial charge in [0.15, 0.2) is 0 Å². The Kier molecular flexibility index (Phi) is 5.30. The molecule has 21 heavy (non-hydrogen) atoms. The molecule has 0 spiro atoms. The van der Waals surface area contributed by atoms with Gasteiger partial charge < -0.3 is 10.1 Å². The van der Waals surface area contributed by atoms with Crippen LogP contribution in [0.4, 0.5) is 5.69 Å². The predicted octanol–water partition coefficient (Wildman–Crippen LogP) is 4.69. The van der Waals surface area contributed by atoms with Gasteiger partial charge in [-0.3, -0.25) is 0 Å². The molecule has 0 saturated heterocycles. The Hall–Kier alpha value is -1.92. The lowest BCUT2D eigenvalue weighted by Crippen LogP contribution is -2.05. The maximum Gasteiger partial charge on any atom is 0.148 e. The highest BCUT2D eigenvalue weighted by Gasteiger charge is 2.06. The second-order valence-electron chi connectivity index (χ2n) is 4.85. The first kappa shape index (κ1) is 15.5. The number of nitrogens with one attached hydrogen (secondary N) is 1. The molecule has 0 radical (unpaired) electrons. The van der Waals surface area contributed by atoms with E-state index in [9.17, 15) is 0 Å². The Balaban J connectivity index is 2.17. The van der Waals surface area contributed by atoms with Gasteiger partial charge in [0.05, 0.1) is 0 Å². The largest absolute Gasteiger partial charge is 0.481 e. The number of terminal acetylenes is 1. The lowest BCUT2D eigenvalue weighted by molar-refractivity contribution is 0.366. The van der Waals surface area contributed by atoms with E-state index >= 15 is 0 Å². The van der Waals surface area contributed by atoms with Crippen molar-refractivity contribution in [1.82, 2.24) is 0 Å². The number of aryl methyl sites for hydroxylation is 1. The molecule has 0 aliphatic carbocycles. The second-order valence-corrected chi connectivity index (χ2v) is 5.76. The smallest absolute Gasteiger partial charge is 0.148 e. The van der Waals surface area contributed by atoms with Crippen molar-refractivity contribution in [2.75, 3.05) is 11.9 Å². The molecule has 0 amide bonds. The molecule has 3 heteroatoms. The van der Waals surface area contributed by atoms with Crippen LogP contribution in [0.2, 0.25) is 0 Å². The molecule has 2 nitrogen and oxygen atoms in total. The third-order valence-electron chi connectivity index (χ3n) is 3.41. The second kappa shape index (κ2) is 7.19. The molecule has 108 valence electrons. The summed E-state index contributed by atoms with van der Waals surface area (Å²) in [6.45, 7) is 5.19. The molecule has 0 aliphatic rings. The lowest BCUT2D eigenvalue weighted by atomic mass is 10.1. The van der Waals surface area contributed by atoms with E-state index in [1.807, 2.05) is 18.2 Å². The predicted molar refractivity (Wildman–Crippen MR) is 91.7 cm³/mol. The lowest BCUT2D eigenvalue weighted by Gasteiger charge is -2.14. The molecule has 0 fully saturated rings. The molecule has 2 rings (SSSR count). The van der Waals surface area contributed by atoms with E-state index in [1.165, 1.54) is 11.1 Å². The zero-order valence-electron chi connectivity index (χ0n) is 12.2. The van der Waals surface area contributed by atoms with E-state index in [0.29, 0.717) is 6.54 Å². The Morgan fingerprint density at radius 1 is 1.24 bits per heavy atom. The minimum absolute atomic E-state index is 0.276. The van der Waals surface area contributed by atoms with Gasteiger partial charge in [0.25, 0.3) is 0 Å². The third-order valence-corrected chi connectivity index (χ3v) is 3.90. The van der Waals surface area contributed by atoms with Crippen LogP contribution in [0.5, 0.6) is 5.75 Å². The standard InChI is InChI=1S/C18H18BrNO/c1-4-10-21-18-9-8-16(19)11-15(18)12-20-17-7-5-6-13(2)14(17)3/h1,5-9,11,20H,10,12H2,2-3H3. The third kappa shape index (κ3) is 4.03.